The van der Waals surface area contributed by atoms with Gasteiger partial charge in [0.15, 0.2) is 0 Å². The Hall–Kier alpha value is -2.09. The molecule has 0 aliphatic heterocycles. The fourth-order valence-corrected chi connectivity index (χ4v) is 1.91. The molecule has 0 heterocycles. The minimum Gasteiger partial charge on any atom is -0.465 e. The second-order valence-corrected chi connectivity index (χ2v) is 4.36. The third-order valence-corrected chi connectivity index (χ3v) is 3.19. The van der Waals surface area contributed by atoms with Crippen LogP contribution in [-0.4, -0.2) is 18.6 Å². The standard InChI is InChI=1S/C13H13FN2O2/c1-18-12(17)9-3-4-11(10(14)7-9)16-13(8-15)5-2-6-13/h3-4,7,16H,2,5-6H2,1H3. The number of nitriles is 1. The van der Waals surface area contributed by atoms with Crippen LogP contribution < -0.4 is 5.32 Å². The molecule has 0 atom stereocenters. The molecule has 18 heavy (non-hydrogen) atoms. The summed E-state index contributed by atoms with van der Waals surface area (Å²) in [7, 11) is 1.24. The van der Waals surface area contributed by atoms with Crippen LogP contribution in [-0.2, 0) is 4.74 Å². The van der Waals surface area contributed by atoms with E-state index >= 15 is 0 Å². The van der Waals surface area contributed by atoms with Gasteiger partial charge in [-0.15, -0.1) is 0 Å². The number of nitrogens with one attached hydrogen (secondary N) is 1. The monoisotopic (exact) mass is 248 g/mol. The average Bonchev–Trinajstić information content (AvgIpc) is 2.34. The Morgan fingerprint density at radius 1 is 1.56 bits per heavy atom. The Bertz CT molecular complexity index is 518. The van der Waals surface area contributed by atoms with Crippen LogP contribution in [0.2, 0.25) is 0 Å². The molecule has 1 saturated carbocycles. The van der Waals surface area contributed by atoms with Crippen LogP contribution >= 0.6 is 0 Å². The van der Waals surface area contributed by atoms with Crippen molar-refractivity contribution in [2.24, 2.45) is 0 Å². The maximum absolute atomic E-state index is 13.8. The van der Waals surface area contributed by atoms with E-state index in [0.717, 1.165) is 12.5 Å². The fourth-order valence-electron chi connectivity index (χ4n) is 1.91. The molecule has 0 amide bonds. The van der Waals surface area contributed by atoms with E-state index in [1.165, 1.54) is 19.2 Å². The molecule has 0 bridgehead atoms. The SMILES string of the molecule is COC(=O)c1ccc(NC2(C#N)CCC2)c(F)c1. The minimum absolute atomic E-state index is 0.153. The highest BCUT2D eigenvalue weighted by Gasteiger charge is 2.37. The summed E-state index contributed by atoms with van der Waals surface area (Å²) in [5, 5.41) is 12.0. The van der Waals surface area contributed by atoms with Crippen molar-refractivity contribution < 1.29 is 13.9 Å². The van der Waals surface area contributed by atoms with Crippen LogP contribution in [0.15, 0.2) is 18.2 Å². The summed E-state index contributed by atoms with van der Waals surface area (Å²) >= 11 is 0. The first-order chi connectivity index (χ1) is 8.60. The van der Waals surface area contributed by atoms with Gasteiger partial charge in [-0.2, -0.15) is 5.26 Å². The number of esters is 1. The summed E-state index contributed by atoms with van der Waals surface area (Å²) in [4.78, 5) is 11.2. The molecule has 1 aliphatic rings. The lowest BCUT2D eigenvalue weighted by Gasteiger charge is -2.36. The third kappa shape index (κ3) is 2.14. The van der Waals surface area contributed by atoms with Gasteiger partial charge in [-0.25, -0.2) is 9.18 Å². The largest absolute Gasteiger partial charge is 0.465 e. The maximum Gasteiger partial charge on any atom is 0.337 e. The van der Waals surface area contributed by atoms with E-state index in [1.807, 2.05) is 0 Å². The van der Waals surface area contributed by atoms with Gasteiger partial charge in [-0.05, 0) is 37.5 Å². The first-order valence-corrected chi connectivity index (χ1v) is 5.67. The summed E-state index contributed by atoms with van der Waals surface area (Å²) in [6.07, 6.45) is 2.38. The number of methoxy groups -OCH3 is 1. The first kappa shape index (κ1) is 12.4. The number of benzene rings is 1. The van der Waals surface area contributed by atoms with Gasteiger partial charge in [0.25, 0.3) is 0 Å². The number of rotatable bonds is 3. The summed E-state index contributed by atoms with van der Waals surface area (Å²) in [5.74, 6) is -1.14. The molecule has 1 aromatic carbocycles. The highest BCUT2D eigenvalue weighted by atomic mass is 19.1. The number of hydrogen-bond acceptors (Lipinski definition) is 4. The molecule has 0 radical (unpaired) electrons. The number of carbonyl (C=O) groups excluding carboxylic acids is 1. The van der Waals surface area contributed by atoms with Crippen molar-refractivity contribution in [2.45, 2.75) is 24.8 Å². The summed E-state index contributed by atoms with van der Waals surface area (Å²) in [6.45, 7) is 0. The van der Waals surface area contributed by atoms with Crippen LogP contribution in [0.3, 0.4) is 0 Å². The molecular weight excluding hydrogens is 235 g/mol. The predicted octanol–water partition coefficient (Wildman–Crippen LogP) is 2.47. The van der Waals surface area contributed by atoms with Crippen LogP contribution in [0.25, 0.3) is 0 Å². The van der Waals surface area contributed by atoms with Crippen molar-refractivity contribution in [1.29, 1.82) is 5.26 Å². The average molecular weight is 248 g/mol. The first-order valence-electron chi connectivity index (χ1n) is 5.67. The van der Waals surface area contributed by atoms with Gasteiger partial charge in [-0.1, -0.05) is 0 Å². The van der Waals surface area contributed by atoms with Crippen LogP contribution in [0.1, 0.15) is 29.6 Å². The summed E-state index contributed by atoms with van der Waals surface area (Å²) in [6, 6.07) is 6.21. The lowest BCUT2D eigenvalue weighted by atomic mass is 9.78. The van der Waals surface area contributed by atoms with Gasteiger partial charge in [0.2, 0.25) is 0 Å². The number of anilines is 1. The van der Waals surface area contributed by atoms with Crippen LogP contribution in [0.5, 0.6) is 0 Å². The Kier molecular flexibility index (Phi) is 3.19. The summed E-state index contributed by atoms with van der Waals surface area (Å²) < 4.78 is 18.3. The molecule has 0 unspecified atom stereocenters. The van der Waals surface area contributed by atoms with Gasteiger partial charge in [0, 0.05) is 0 Å². The van der Waals surface area contributed by atoms with E-state index < -0.39 is 17.3 Å². The Morgan fingerprint density at radius 2 is 2.28 bits per heavy atom. The topological polar surface area (TPSA) is 62.1 Å². The van der Waals surface area contributed by atoms with Gasteiger partial charge in [0.05, 0.1) is 24.4 Å². The molecular formula is C13H13FN2O2. The van der Waals surface area contributed by atoms with E-state index in [2.05, 4.69) is 16.1 Å². The van der Waals surface area contributed by atoms with E-state index in [1.54, 1.807) is 0 Å². The zero-order chi connectivity index (χ0) is 13.2. The number of hydrogen-bond donors (Lipinski definition) is 1. The highest BCUT2D eigenvalue weighted by molar-refractivity contribution is 5.89. The zero-order valence-corrected chi connectivity index (χ0v) is 10.00. The molecule has 2 rings (SSSR count). The van der Waals surface area contributed by atoms with Crippen molar-refractivity contribution in [3.63, 3.8) is 0 Å². The van der Waals surface area contributed by atoms with Crippen molar-refractivity contribution >= 4 is 11.7 Å². The minimum atomic E-state index is -0.659. The smallest absolute Gasteiger partial charge is 0.337 e. The zero-order valence-electron chi connectivity index (χ0n) is 10.00. The lowest BCUT2D eigenvalue weighted by Crippen LogP contribution is -2.43. The fraction of sp³-hybridized carbons (Fsp3) is 0.385. The van der Waals surface area contributed by atoms with Crippen molar-refractivity contribution in [2.75, 3.05) is 12.4 Å². The number of nitrogens with zero attached hydrogens (tertiary/aromatic N) is 1. The van der Waals surface area contributed by atoms with E-state index in [9.17, 15) is 9.18 Å². The van der Waals surface area contributed by atoms with E-state index in [0.29, 0.717) is 12.8 Å². The molecule has 1 fully saturated rings. The maximum atomic E-state index is 13.8. The number of carbonyl (C=O) groups is 1. The second kappa shape index (κ2) is 4.65. The van der Waals surface area contributed by atoms with Crippen molar-refractivity contribution in [3.8, 4) is 6.07 Å². The molecule has 1 aromatic rings. The van der Waals surface area contributed by atoms with Gasteiger partial charge in [0.1, 0.15) is 11.4 Å². The van der Waals surface area contributed by atoms with Crippen molar-refractivity contribution in [3.05, 3.63) is 29.6 Å². The van der Waals surface area contributed by atoms with Crippen molar-refractivity contribution in [1.82, 2.24) is 0 Å². The molecule has 0 aromatic heterocycles. The molecule has 1 N–H and O–H groups in total. The van der Waals surface area contributed by atoms with Gasteiger partial charge in [-0.3, -0.25) is 0 Å². The Balaban J connectivity index is 2.20. The molecule has 1 aliphatic carbocycles. The summed E-state index contributed by atoms with van der Waals surface area (Å²) in [5.41, 5.74) is -0.266. The molecule has 94 valence electrons. The number of ether oxygens (including phenoxy) is 1. The van der Waals surface area contributed by atoms with E-state index in [4.69, 9.17) is 5.26 Å². The molecule has 5 heteroatoms. The van der Waals surface area contributed by atoms with Crippen LogP contribution in [0, 0.1) is 17.1 Å². The Labute approximate surface area is 104 Å². The quantitative estimate of drug-likeness (QED) is 0.835. The van der Waals surface area contributed by atoms with Gasteiger partial charge >= 0.3 is 5.97 Å². The third-order valence-electron chi connectivity index (χ3n) is 3.19. The number of halogens is 1. The second-order valence-electron chi connectivity index (χ2n) is 4.36. The van der Waals surface area contributed by atoms with Gasteiger partial charge < -0.3 is 10.1 Å². The normalized spacial score (nSPS) is 16.3. The molecule has 0 spiro atoms. The van der Waals surface area contributed by atoms with E-state index in [-0.39, 0.29) is 11.3 Å². The Morgan fingerprint density at radius 3 is 2.72 bits per heavy atom. The van der Waals surface area contributed by atoms with Crippen LogP contribution in [0.4, 0.5) is 10.1 Å². The molecule has 0 saturated heterocycles. The predicted molar refractivity (Wildman–Crippen MR) is 63.6 cm³/mol. The molecule has 4 nitrogen and oxygen atoms in total. The highest BCUT2D eigenvalue weighted by Crippen LogP contribution is 2.35. The lowest BCUT2D eigenvalue weighted by molar-refractivity contribution is 0.0600.